The van der Waals surface area contributed by atoms with Crippen molar-refractivity contribution in [3.8, 4) is 11.1 Å². The van der Waals surface area contributed by atoms with E-state index in [2.05, 4.69) is 9.97 Å². The van der Waals surface area contributed by atoms with Crippen molar-refractivity contribution in [1.29, 1.82) is 0 Å². The SMILES string of the molecule is CCc1nc(N)ccc1-c1ccc(C(F)(F)F)c2cccnc12. The molecule has 0 aliphatic rings. The van der Waals surface area contributed by atoms with Crippen molar-refractivity contribution in [1.82, 2.24) is 9.97 Å². The second-order valence-electron chi connectivity index (χ2n) is 5.14. The zero-order chi connectivity index (χ0) is 16.6. The van der Waals surface area contributed by atoms with E-state index in [4.69, 9.17) is 5.73 Å². The van der Waals surface area contributed by atoms with Gasteiger partial charge in [-0.15, -0.1) is 0 Å². The van der Waals surface area contributed by atoms with E-state index in [1.807, 2.05) is 6.92 Å². The van der Waals surface area contributed by atoms with Crippen molar-refractivity contribution in [3.05, 3.63) is 53.9 Å². The van der Waals surface area contributed by atoms with Gasteiger partial charge in [-0.3, -0.25) is 4.98 Å². The largest absolute Gasteiger partial charge is 0.417 e. The van der Waals surface area contributed by atoms with Crippen molar-refractivity contribution >= 4 is 16.7 Å². The van der Waals surface area contributed by atoms with Gasteiger partial charge in [-0.1, -0.05) is 19.1 Å². The van der Waals surface area contributed by atoms with Crippen molar-refractivity contribution in [2.24, 2.45) is 0 Å². The van der Waals surface area contributed by atoms with Gasteiger partial charge in [0.2, 0.25) is 0 Å². The van der Waals surface area contributed by atoms with Gasteiger partial charge < -0.3 is 5.73 Å². The normalized spacial score (nSPS) is 11.8. The summed E-state index contributed by atoms with van der Waals surface area (Å²) in [6, 6.07) is 8.90. The molecule has 0 fully saturated rings. The smallest absolute Gasteiger partial charge is 0.384 e. The van der Waals surface area contributed by atoms with Gasteiger partial charge in [0.05, 0.1) is 16.8 Å². The number of pyridine rings is 2. The number of hydrogen-bond donors (Lipinski definition) is 1. The number of anilines is 1. The third-order valence-electron chi connectivity index (χ3n) is 3.70. The van der Waals surface area contributed by atoms with E-state index in [9.17, 15) is 13.2 Å². The van der Waals surface area contributed by atoms with Crippen LogP contribution in [-0.2, 0) is 12.6 Å². The quantitative estimate of drug-likeness (QED) is 0.759. The van der Waals surface area contributed by atoms with E-state index in [0.29, 0.717) is 23.3 Å². The third-order valence-corrected chi connectivity index (χ3v) is 3.70. The molecule has 0 spiro atoms. The third kappa shape index (κ3) is 2.72. The van der Waals surface area contributed by atoms with Crippen LogP contribution >= 0.6 is 0 Å². The molecule has 3 aromatic rings. The predicted octanol–water partition coefficient (Wildman–Crippen LogP) is 4.46. The van der Waals surface area contributed by atoms with Crippen LogP contribution in [0, 0.1) is 0 Å². The monoisotopic (exact) mass is 317 g/mol. The highest BCUT2D eigenvalue weighted by molar-refractivity contribution is 5.96. The number of alkyl halides is 3. The van der Waals surface area contributed by atoms with Crippen molar-refractivity contribution < 1.29 is 13.2 Å². The summed E-state index contributed by atoms with van der Waals surface area (Å²) in [5.74, 6) is 0.384. The summed E-state index contributed by atoms with van der Waals surface area (Å²) in [5, 5.41) is 0.0800. The Morgan fingerprint density at radius 1 is 1.04 bits per heavy atom. The van der Waals surface area contributed by atoms with Gasteiger partial charge in [0.25, 0.3) is 0 Å². The zero-order valence-electron chi connectivity index (χ0n) is 12.4. The van der Waals surface area contributed by atoms with Gasteiger partial charge in [0.15, 0.2) is 0 Å². The number of hydrogen-bond acceptors (Lipinski definition) is 3. The molecule has 0 unspecified atom stereocenters. The number of halogens is 3. The fourth-order valence-corrected chi connectivity index (χ4v) is 2.67. The first-order chi connectivity index (χ1) is 10.9. The number of nitrogen functional groups attached to an aromatic ring is 1. The summed E-state index contributed by atoms with van der Waals surface area (Å²) < 4.78 is 39.6. The zero-order valence-corrected chi connectivity index (χ0v) is 12.4. The summed E-state index contributed by atoms with van der Waals surface area (Å²) in [5.41, 5.74) is 7.42. The molecule has 23 heavy (non-hydrogen) atoms. The first-order valence-electron chi connectivity index (χ1n) is 7.12. The Morgan fingerprint density at radius 3 is 2.48 bits per heavy atom. The Morgan fingerprint density at radius 2 is 1.78 bits per heavy atom. The molecule has 6 heteroatoms. The summed E-state index contributed by atoms with van der Waals surface area (Å²) in [6.07, 6.45) is -2.31. The Bertz CT molecular complexity index is 873. The van der Waals surface area contributed by atoms with Gasteiger partial charge >= 0.3 is 6.18 Å². The van der Waals surface area contributed by atoms with Crippen LogP contribution in [0.25, 0.3) is 22.0 Å². The van der Waals surface area contributed by atoms with Crippen LogP contribution in [0.4, 0.5) is 19.0 Å². The first kappa shape index (κ1) is 15.3. The summed E-state index contributed by atoms with van der Waals surface area (Å²) in [7, 11) is 0. The standard InChI is InChI=1S/C17H14F3N3/c1-2-14-10(6-8-15(21)23-14)11-5-7-13(17(18,19)20)12-4-3-9-22-16(11)12/h3-9H,2H2,1H3,(H2,21,23). The van der Waals surface area contributed by atoms with E-state index >= 15 is 0 Å². The number of aromatic nitrogens is 2. The molecule has 0 radical (unpaired) electrons. The van der Waals surface area contributed by atoms with Gasteiger partial charge in [-0.05, 0) is 30.7 Å². The topological polar surface area (TPSA) is 51.8 Å². The summed E-state index contributed by atoms with van der Waals surface area (Å²) >= 11 is 0. The van der Waals surface area contributed by atoms with Crippen LogP contribution in [0.15, 0.2) is 42.6 Å². The van der Waals surface area contributed by atoms with E-state index in [-0.39, 0.29) is 5.39 Å². The number of nitrogens with zero attached hydrogens (tertiary/aromatic N) is 2. The molecule has 118 valence electrons. The molecular weight excluding hydrogens is 303 g/mol. The second-order valence-corrected chi connectivity index (χ2v) is 5.14. The molecular formula is C17H14F3N3. The fraction of sp³-hybridized carbons (Fsp3) is 0.176. The van der Waals surface area contributed by atoms with Crippen molar-refractivity contribution in [2.45, 2.75) is 19.5 Å². The number of fused-ring (bicyclic) bond motifs is 1. The highest BCUT2D eigenvalue weighted by Gasteiger charge is 2.33. The van der Waals surface area contributed by atoms with Crippen LogP contribution < -0.4 is 5.73 Å². The second kappa shape index (κ2) is 5.53. The number of aryl methyl sites for hydroxylation is 1. The minimum atomic E-state index is -4.42. The maximum absolute atomic E-state index is 13.2. The summed E-state index contributed by atoms with van der Waals surface area (Å²) in [4.78, 5) is 8.44. The lowest BCUT2D eigenvalue weighted by molar-refractivity contribution is -0.136. The minimum Gasteiger partial charge on any atom is -0.384 e. The first-order valence-corrected chi connectivity index (χ1v) is 7.12. The van der Waals surface area contributed by atoms with Crippen molar-refractivity contribution in [3.63, 3.8) is 0 Å². The maximum Gasteiger partial charge on any atom is 0.417 e. The van der Waals surface area contributed by atoms with Crippen molar-refractivity contribution in [2.75, 3.05) is 5.73 Å². The predicted molar refractivity (Wildman–Crippen MR) is 83.8 cm³/mol. The highest BCUT2D eigenvalue weighted by atomic mass is 19.4. The molecule has 3 nitrogen and oxygen atoms in total. The molecule has 1 aromatic carbocycles. The van der Waals surface area contributed by atoms with E-state index in [1.165, 1.54) is 24.4 Å². The number of benzene rings is 1. The Hall–Kier alpha value is -2.63. The van der Waals surface area contributed by atoms with E-state index in [0.717, 1.165) is 17.3 Å². The van der Waals surface area contributed by atoms with Gasteiger partial charge in [-0.25, -0.2) is 4.98 Å². The van der Waals surface area contributed by atoms with E-state index in [1.54, 1.807) is 12.1 Å². The molecule has 0 saturated carbocycles. The lowest BCUT2D eigenvalue weighted by atomic mass is 9.96. The lowest BCUT2D eigenvalue weighted by Gasteiger charge is -2.14. The van der Waals surface area contributed by atoms with Crippen LogP contribution in [0.1, 0.15) is 18.2 Å². The Balaban J connectivity index is 2.33. The lowest BCUT2D eigenvalue weighted by Crippen LogP contribution is -2.06. The van der Waals surface area contributed by atoms with Crippen LogP contribution in [0.2, 0.25) is 0 Å². The Kier molecular flexibility index (Phi) is 3.67. The van der Waals surface area contributed by atoms with Gasteiger partial charge in [0.1, 0.15) is 5.82 Å². The van der Waals surface area contributed by atoms with Gasteiger partial charge in [0, 0.05) is 22.7 Å². The molecule has 2 N–H and O–H groups in total. The number of nitrogens with two attached hydrogens (primary N) is 1. The molecule has 0 atom stereocenters. The highest BCUT2D eigenvalue weighted by Crippen LogP contribution is 2.38. The van der Waals surface area contributed by atoms with Gasteiger partial charge in [-0.2, -0.15) is 13.2 Å². The molecule has 0 saturated heterocycles. The molecule has 0 aliphatic heterocycles. The maximum atomic E-state index is 13.2. The number of rotatable bonds is 2. The average molecular weight is 317 g/mol. The minimum absolute atomic E-state index is 0.0800. The van der Waals surface area contributed by atoms with Crippen LogP contribution in [-0.4, -0.2) is 9.97 Å². The summed E-state index contributed by atoms with van der Waals surface area (Å²) in [6.45, 7) is 1.92. The fourth-order valence-electron chi connectivity index (χ4n) is 2.67. The average Bonchev–Trinajstić information content (AvgIpc) is 2.53. The van der Waals surface area contributed by atoms with Crippen LogP contribution in [0.5, 0.6) is 0 Å². The molecule has 2 heterocycles. The molecule has 0 aliphatic carbocycles. The molecule has 3 rings (SSSR count). The molecule has 0 amide bonds. The Labute approximate surface area is 131 Å². The van der Waals surface area contributed by atoms with Crippen LogP contribution in [0.3, 0.4) is 0 Å². The molecule has 2 aromatic heterocycles. The molecule has 0 bridgehead atoms. The van der Waals surface area contributed by atoms with E-state index < -0.39 is 11.7 Å².